The van der Waals surface area contributed by atoms with E-state index in [-0.39, 0.29) is 10.1 Å². The normalized spacial score (nSPS) is 48.9. The van der Waals surface area contributed by atoms with Crippen molar-refractivity contribution < 1.29 is 0 Å². The Morgan fingerprint density at radius 3 is 1.62 bits per heavy atom. The third-order valence-electron chi connectivity index (χ3n) is 2.86. The van der Waals surface area contributed by atoms with Crippen molar-refractivity contribution in [1.82, 2.24) is 0 Å². The van der Waals surface area contributed by atoms with Crippen molar-refractivity contribution in [3.8, 4) is 0 Å². The van der Waals surface area contributed by atoms with E-state index in [0.717, 1.165) is 0 Å². The summed E-state index contributed by atoms with van der Waals surface area (Å²) in [5, 5.41) is -1.21. The van der Waals surface area contributed by atoms with Crippen molar-refractivity contribution in [2.24, 2.45) is 0 Å². The second-order valence-corrected chi connectivity index (χ2v) is 8.63. The number of hydrogen-bond acceptors (Lipinski definition) is 0. The average Bonchev–Trinajstić information content (AvgIpc) is 2.30. The fourth-order valence-corrected chi connectivity index (χ4v) is 6.44. The molecule has 0 N–H and O–H groups in total. The van der Waals surface area contributed by atoms with Gasteiger partial charge in [-0.2, -0.15) is 0 Å². The van der Waals surface area contributed by atoms with E-state index in [1.54, 1.807) is 0 Å². The molecular formula is C7HCl9. The zero-order chi connectivity index (χ0) is 12.7. The van der Waals surface area contributed by atoms with Crippen LogP contribution in [0.3, 0.4) is 0 Å². The molecule has 0 nitrogen and oxygen atoms in total. The van der Waals surface area contributed by atoms with Crippen molar-refractivity contribution in [3.63, 3.8) is 0 Å². The van der Waals surface area contributed by atoms with Crippen molar-refractivity contribution in [3.05, 3.63) is 10.1 Å². The smallest absolute Gasteiger partial charge is 0.117 e. The number of halogens is 9. The largest absolute Gasteiger partial charge is 0.177 e. The average molecular weight is 404 g/mol. The Morgan fingerprint density at radius 2 is 1.25 bits per heavy atom. The first-order valence-corrected chi connectivity index (χ1v) is 7.27. The van der Waals surface area contributed by atoms with Crippen LogP contribution in [0.25, 0.3) is 0 Å². The molecule has 0 amide bonds. The molecule has 0 aromatic rings. The molecule has 0 unspecified atom stereocenters. The molecule has 2 aliphatic rings. The SMILES string of the molecule is ClC1=C(Cl)[C@]2(Cl)C(Cl)(Cl)[C@H](Cl)[C@@]2(Cl)C1(Cl)Cl. The van der Waals surface area contributed by atoms with E-state index >= 15 is 0 Å². The second kappa shape index (κ2) is 3.71. The summed E-state index contributed by atoms with van der Waals surface area (Å²) in [5.74, 6) is 0. The van der Waals surface area contributed by atoms with E-state index < -0.39 is 23.8 Å². The zero-order valence-corrected chi connectivity index (χ0v) is 13.8. The minimum atomic E-state index is -1.74. The molecule has 2 aliphatic carbocycles. The number of rotatable bonds is 0. The Bertz CT molecular complexity index is 399. The van der Waals surface area contributed by atoms with Crippen molar-refractivity contribution in [2.75, 3.05) is 0 Å². The summed E-state index contributed by atoms with van der Waals surface area (Å²) in [6.07, 6.45) is 0. The highest BCUT2D eigenvalue weighted by atomic mass is 35.5. The molecule has 16 heavy (non-hydrogen) atoms. The topological polar surface area (TPSA) is 0 Å². The molecule has 92 valence electrons. The fraction of sp³-hybridized carbons (Fsp3) is 0.714. The summed E-state index contributed by atoms with van der Waals surface area (Å²) in [4.78, 5) is -3.18. The molecule has 0 saturated heterocycles. The van der Waals surface area contributed by atoms with E-state index in [0.29, 0.717) is 0 Å². The first kappa shape index (κ1) is 14.8. The summed E-state index contributed by atoms with van der Waals surface area (Å²) in [5.41, 5.74) is 0. The zero-order valence-electron chi connectivity index (χ0n) is 6.98. The van der Waals surface area contributed by atoms with Gasteiger partial charge in [-0.15, -0.1) is 34.8 Å². The minimum absolute atomic E-state index is 0.0854. The van der Waals surface area contributed by atoms with E-state index in [4.69, 9.17) is 104 Å². The van der Waals surface area contributed by atoms with Gasteiger partial charge >= 0.3 is 0 Å². The maximum absolute atomic E-state index is 6.26. The molecule has 1 fully saturated rings. The third kappa shape index (κ3) is 1.17. The van der Waals surface area contributed by atoms with Gasteiger partial charge < -0.3 is 0 Å². The lowest BCUT2D eigenvalue weighted by Gasteiger charge is -2.62. The number of fused-ring (bicyclic) bond motifs is 1. The Kier molecular flexibility index (Phi) is 3.42. The van der Waals surface area contributed by atoms with Crippen LogP contribution in [0.5, 0.6) is 0 Å². The molecule has 0 spiro atoms. The van der Waals surface area contributed by atoms with E-state index in [1.807, 2.05) is 0 Å². The maximum Gasteiger partial charge on any atom is 0.177 e. The van der Waals surface area contributed by atoms with Crippen LogP contribution in [0.15, 0.2) is 10.1 Å². The van der Waals surface area contributed by atoms with E-state index in [9.17, 15) is 0 Å². The predicted molar refractivity (Wildman–Crippen MR) is 74.4 cm³/mol. The van der Waals surface area contributed by atoms with Crippen LogP contribution in [0.4, 0.5) is 0 Å². The monoisotopic (exact) mass is 400 g/mol. The van der Waals surface area contributed by atoms with E-state index in [2.05, 4.69) is 0 Å². The summed E-state index contributed by atoms with van der Waals surface area (Å²) >= 11 is 54.4. The summed E-state index contributed by atoms with van der Waals surface area (Å²) in [6, 6.07) is 0. The first-order chi connectivity index (χ1) is 6.97. The van der Waals surface area contributed by atoms with Crippen LogP contribution in [0, 0.1) is 0 Å². The molecule has 0 heterocycles. The van der Waals surface area contributed by atoms with Gasteiger partial charge in [0.2, 0.25) is 0 Å². The van der Waals surface area contributed by atoms with Gasteiger partial charge in [-0.05, 0) is 0 Å². The van der Waals surface area contributed by atoms with Crippen LogP contribution < -0.4 is 0 Å². The minimum Gasteiger partial charge on any atom is -0.117 e. The van der Waals surface area contributed by atoms with Gasteiger partial charge in [0.05, 0.1) is 15.4 Å². The van der Waals surface area contributed by atoms with Gasteiger partial charge in [0.15, 0.2) is 8.67 Å². The molecule has 0 aromatic heterocycles. The maximum atomic E-state index is 6.26. The molecule has 2 rings (SSSR count). The third-order valence-corrected chi connectivity index (χ3v) is 9.21. The van der Waals surface area contributed by atoms with Gasteiger partial charge in [-0.3, -0.25) is 0 Å². The van der Waals surface area contributed by atoms with E-state index in [1.165, 1.54) is 0 Å². The molecule has 0 aromatic carbocycles. The van der Waals surface area contributed by atoms with Crippen molar-refractivity contribution >= 4 is 104 Å². The molecule has 0 bridgehead atoms. The van der Waals surface area contributed by atoms with Crippen LogP contribution in [0.2, 0.25) is 0 Å². The Labute approximate surface area is 137 Å². The quantitative estimate of drug-likeness (QED) is 0.461. The number of allylic oxidation sites excluding steroid dienone is 2. The standard InChI is InChI=1S/C7HCl9/c8-1-2(9)6(13,14)5(12)3(10)7(15,16)4(1,5)11/h3H/t3-,4-,5+/m1/s1. The van der Waals surface area contributed by atoms with Crippen LogP contribution in [0.1, 0.15) is 0 Å². The molecule has 9 heteroatoms. The summed E-state index contributed by atoms with van der Waals surface area (Å²) in [6.45, 7) is 0. The lowest BCUT2D eigenvalue weighted by Crippen LogP contribution is -2.80. The van der Waals surface area contributed by atoms with Gasteiger partial charge in [-0.25, -0.2) is 0 Å². The lowest BCUT2D eigenvalue weighted by atomic mass is 9.71. The van der Waals surface area contributed by atoms with Gasteiger partial charge in [0.25, 0.3) is 0 Å². The first-order valence-electron chi connectivity index (χ1n) is 3.81. The van der Waals surface area contributed by atoms with Crippen molar-refractivity contribution in [1.29, 1.82) is 0 Å². The fourth-order valence-electron chi connectivity index (χ4n) is 1.89. The highest BCUT2D eigenvalue weighted by molar-refractivity contribution is 6.72. The van der Waals surface area contributed by atoms with Crippen LogP contribution in [-0.2, 0) is 0 Å². The molecule has 0 aliphatic heterocycles. The number of hydrogen-bond donors (Lipinski definition) is 0. The predicted octanol–water partition coefficient (Wildman–Crippen LogP) is 5.61. The summed E-state index contributed by atoms with van der Waals surface area (Å²) in [7, 11) is 0. The molecule has 1 saturated carbocycles. The Hall–Kier alpha value is 2.35. The molecule has 3 atom stereocenters. The molecule has 0 radical (unpaired) electrons. The Morgan fingerprint density at radius 1 is 0.812 bits per heavy atom. The van der Waals surface area contributed by atoms with Gasteiger partial charge in [-0.1, -0.05) is 69.6 Å². The van der Waals surface area contributed by atoms with Crippen molar-refractivity contribution in [2.45, 2.75) is 23.8 Å². The summed E-state index contributed by atoms with van der Waals surface area (Å²) < 4.78 is -3.35. The van der Waals surface area contributed by atoms with Crippen LogP contribution >= 0.6 is 104 Å². The van der Waals surface area contributed by atoms with Gasteiger partial charge in [0, 0.05) is 0 Å². The Balaban J connectivity index is 2.71. The highest BCUT2D eigenvalue weighted by Crippen LogP contribution is 2.79. The van der Waals surface area contributed by atoms with Crippen LogP contribution in [-0.4, -0.2) is 23.8 Å². The second-order valence-electron chi connectivity index (χ2n) is 3.56. The van der Waals surface area contributed by atoms with Gasteiger partial charge in [0.1, 0.15) is 9.75 Å². The lowest BCUT2D eigenvalue weighted by molar-refractivity contribution is 0.284. The highest BCUT2D eigenvalue weighted by Gasteiger charge is 2.89. The number of alkyl halides is 7. The molecular weight excluding hydrogens is 403 g/mol.